The second-order valence-corrected chi connectivity index (χ2v) is 6.19. The van der Waals surface area contributed by atoms with Gasteiger partial charge in [-0.05, 0) is 31.0 Å². The molecule has 1 heterocycles. The van der Waals surface area contributed by atoms with Gasteiger partial charge in [0.1, 0.15) is 0 Å². The third kappa shape index (κ3) is 3.02. The molecule has 1 aliphatic heterocycles. The Hall–Kier alpha value is -1.24. The average Bonchev–Trinajstić information content (AvgIpc) is 2.82. The van der Waals surface area contributed by atoms with Crippen molar-refractivity contribution in [3.63, 3.8) is 0 Å². The molecular weight excluding hydrogens is 351 g/mol. The van der Waals surface area contributed by atoms with Crippen LogP contribution in [0.25, 0.3) is 0 Å². The highest BCUT2D eigenvalue weighted by Crippen LogP contribution is 2.43. The van der Waals surface area contributed by atoms with Gasteiger partial charge in [-0.2, -0.15) is 13.2 Å². The first-order valence-corrected chi connectivity index (χ1v) is 7.34. The fourth-order valence-electron chi connectivity index (χ4n) is 2.70. The van der Waals surface area contributed by atoms with Crippen molar-refractivity contribution in [2.45, 2.75) is 25.9 Å². The number of halogens is 4. The Bertz CT molecular complexity index is 562. The number of carbonyl (C=O) groups is 1. The lowest BCUT2D eigenvalue weighted by Crippen LogP contribution is -2.34. The number of hydrogen-bond donors (Lipinski definition) is 1. The van der Waals surface area contributed by atoms with Gasteiger partial charge in [0.05, 0.1) is 16.7 Å². The Morgan fingerprint density at radius 1 is 1.48 bits per heavy atom. The summed E-state index contributed by atoms with van der Waals surface area (Å²) in [5.41, 5.74) is -1.66. The van der Waals surface area contributed by atoms with Gasteiger partial charge in [0.15, 0.2) is 0 Å². The number of aliphatic carboxylic acids is 1. The van der Waals surface area contributed by atoms with E-state index >= 15 is 0 Å². The van der Waals surface area contributed by atoms with Gasteiger partial charge in [-0.1, -0.05) is 22.9 Å². The van der Waals surface area contributed by atoms with Gasteiger partial charge in [0.2, 0.25) is 0 Å². The lowest BCUT2D eigenvalue weighted by molar-refractivity contribution is -0.147. The standard InChI is InChI=1S/C14H15BrF3NO2/c1-2-13(12(20)21)5-6-19(8-13)11-7-9(15)3-4-10(11)14(16,17)18/h3-4,7H,2,5-6,8H2,1H3,(H,20,21). The highest BCUT2D eigenvalue weighted by molar-refractivity contribution is 9.10. The van der Waals surface area contributed by atoms with Gasteiger partial charge in [-0.3, -0.25) is 4.79 Å². The average molecular weight is 366 g/mol. The number of rotatable bonds is 3. The molecule has 1 saturated heterocycles. The van der Waals surface area contributed by atoms with Gasteiger partial charge >= 0.3 is 12.1 Å². The monoisotopic (exact) mass is 365 g/mol. The number of hydrogen-bond acceptors (Lipinski definition) is 2. The van der Waals surface area contributed by atoms with Crippen molar-refractivity contribution in [3.05, 3.63) is 28.2 Å². The molecule has 0 spiro atoms. The number of carboxylic acids is 1. The minimum absolute atomic E-state index is 0.0356. The SMILES string of the molecule is CCC1(C(=O)O)CCN(c2cc(Br)ccc2C(F)(F)F)C1. The maximum Gasteiger partial charge on any atom is 0.418 e. The van der Waals surface area contributed by atoms with Crippen LogP contribution in [0.3, 0.4) is 0 Å². The van der Waals surface area contributed by atoms with Crippen LogP contribution in [0.4, 0.5) is 18.9 Å². The third-order valence-corrected chi connectivity index (χ3v) is 4.58. The smallest absolute Gasteiger partial charge is 0.418 e. The van der Waals surface area contributed by atoms with E-state index in [9.17, 15) is 23.1 Å². The van der Waals surface area contributed by atoms with Crippen molar-refractivity contribution in [1.82, 2.24) is 0 Å². The van der Waals surface area contributed by atoms with Crippen LogP contribution in [0.5, 0.6) is 0 Å². The van der Waals surface area contributed by atoms with Crippen LogP contribution >= 0.6 is 15.9 Å². The summed E-state index contributed by atoms with van der Waals surface area (Å²) >= 11 is 3.17. The van der Waals surface area contributed by atoms with E-state index in [2.05, 4.69) is 15.9 Å². The molecule has 1 atom stereocenters. The molecule has 2 rings (SSSR count). The molecule has 7 heteroatoms. The number of anilines is 1. The Balaban J connectivity index is 2.40. The predicted octanol–water partition coefficient (Wildman–Crippen LogP) is 4.16. The molecule has 0 aliphatic carbocycles. The van der Waals surface area contributed by atoms with Gasteiger partial charge < -0.3 is 10.0 Å². The largest absolute Gasteiger partial charge is 0.481 e. The zero-order valence-electron chi connectivity index (χ0n) is 11.4. The second kappa shape index (κ2) is 5.51. The second-order valence-electron chi connectivity index (χ2n) is 5.27. The molecule has 1 aromatic carbocycles. The lowest BCUT2D eigenvalue weighted by Gasteiger charge is -2.26. The summed E-state index contributed by atoms with van der Waals surface area (Å²) in [5, 5.41) is 9.35. The first-order chi connectivity index (χ1) is 9.69. The summed E-state index contributed by atoms with van der Waals surface area (Å²) in [6.07, 6.45) is -3.71. The summed E-state index contributed by atoms with van der Waals surface area (Å²) < 4.78 is 39.9. The molecular formula is C14H15BrF3NO2. The van der Waals surface area contributed by atoms with E-state index in [1.54, 1.807) is 6.92 Å². The Kier molecular flexibility index (Phi) is 4.24. The van der Waals surface area contributed by atoms with Crippen molar-refractivity contribution in [2.24, 2.45) is 5.41 Å². The van der Waals surface area contributed by atoms with Crippen molar-refractivity contribution in [3.8, 4) is 0 Å². The normalized spacial score (nSPS) is 22.6. The number of alkyl halides is 3. The Morgan fingerprint density at radius 2 is 2.14 bits per heavy atom. The third-order valence-electron chi connectivity index (χ3n) is 4.09. The van der Waals surface area contributed by atoms with Crippen molar-refractivity contribution >= 4 is 27.6 Å². The molecule has 1 fully saturated rings. The van der Waals surface area contributed by atoms with Crippen LogP contribution in [0.15, 0.2) is 22.7 Å². The van der Waals surface area contributed by atoms with Crippen LogP contribution in [0.2, 0.25) is 0 Å². The van der Waals surface area contributed by atoms with E-state index in [0.29, 0.717) is 23.9 Å². The van der Waals surface area contributed by atoms with E-state index in [4.69, 9.17) is 0 Å². The maximum atomic E-state index is 13.1. The van der Waals surface area contributed by atoms with Crippen LogP contribution in [-0.4, -0.2) is 24.2 Å². The van der Waals surface area contributed by atoms with E-state index in [1.807, 2.05) is 0 Å². The van der Waals surface area contributed by atoms with Gasteiger partial charge in [-0.15, -0.1) is 0 Å². The van der Waals surface area contributed by atoms with Crippen molar-refractivity contribution in [1.29, 1.82) is 0 Å². The molecule has 0 amide bonds. The van der Waals surface area contributed by atoms with E-state index in [-0.39, 0.29) is 12.2 Å². The minimum Gasteiger partial charge on any atom is -0.481 e. The summed E-state index contributed by atoms with van der Waals surface area (Å²) in [4.78, 5) is 12.9. The van der Waals surface area contributed by atoms with E-state index < -0.39 is 23.1 Å². The molecule has 1 unspecified atom stereocenters. The maximum absolute atomic E-state index is 13.1. The predicted molar refractivity (Wildman–Crippen MR) is 76.3 cm³/mol. The summed E-state index contributed by atoms with van der Waals surface area (Å²) in [6, 6.07) is 3.76. The Labute approximate surface area is 128 Å². The fourth-order valence-corrected chi connectivity index (χ4v) is 3.05. The minimum atomic E-state index is -4.46. The van der Waals surface area contributed by atoms with Crippen LogP contribution in [0, 0.1) is 5.41 Å². The van der Waals surface area contributed by atoms with Crippen LogP contribution in [-0.2, 0) is 11.0 Å². The van der Waals surface area contributed by atoms with Crippen LogP contribution in [0.1, 0.15) is 25.3 Å². The summed E-state index contributed by atoms with van der Waals surface area (Å²) in [5.74, 6) is -0.948. The zero-order chi connectivity index (χ0) is 15.8. The zero-order valence-corrected chi connectivity index (χ0v) is 13.0. The first-order valence-electron chi connectivity index (χ1n) is 6.55. The number of nitrogens with zero attached hydrogens (tertiary/aromatic N) is 1. The van der Waals surface area contributed by atoms with Crippen molar-refractivity contribution < 1.29 is 23.1 Å². The summed E-state index contributed by atoms with van der Waals surface area (Å²) in [7, 11) is 0. The molecule has 0 bridgehead atoms. The quantitative estimate of drug-likeness (QED) is 0.874. The van der Waals surface area contributed by atoms with Gasteiger partial charge in [0.25, 0.3) is 0 Å². The number of carboxylic acid groups (broad SMARTS) is 1. The molecule has 1 N–H and O–H groups in total. The number of benzene rings is 1. The fraction of sp³-hybridized carbons (Fsp3) is 0.500. The van der Waals surface area contributed by atoms with Crippen LogP contribution < -0.4 is 4.90 Å². The summed E-state index contributed by atoms with van der Waals surface area (Å²) in [6.45, 7) is 2.15. The molecule has 116 valence electrons. The lowest BCUT2D eigenvalue weighted by atomic mass is 9.84. The van der Waals surface area contributed by atoms with E-state index in [1.165, 1.54) is 17.0 Å². The van der Waals surface area contributed by atoms with E-state index in [0.717, 1.165) is 6.07 Å². The molecule has 1 aliphatic rings. The molecule has 0 radical (unpaired) electrons. The topological polar surface area (TPSA) is 40.5 Å². The van der Waals surface area contributed by atoms with Crippen molar-refractivity contribution in [2.75, 3.05) is 18.0 Å². The Morgan fingerprint density at radius 3 is 2.62 bits per heavy atom. The molecule has 1 aromatic rings. The molecule has 21 heavy (non-hydrogen) atoms. The molecule has 0 aromatic heterocycles. The van der Waals surface area contributed by atoms with Gasteiger partial charge in [0, 0.05) is 17.6 Å². The first kappa shape index (κ1) is 16.1. The highest BCUT2D eigenvalue weighted by atomic mass is 79.9. The molecule has 3 nitrogen and oxygen atoms in total. The highest BCUT2D eigenvalue weighted by Gasteiger charge is 2.45. The molecule has 0 saturated carbocycles. The van der Waals surface area contributed by atoms with Gasteiger partial charge in [-0.25, -0.2) is 0 Å².